The van der Waals surface area contributed by atoms with Crippen LogP contribution in [0.3, 0.4) is 0 Å². The van der Waals surface area contributed by atoms with Gasteiger partial charge in [-0.3, -0.25) is 4.40 Å². The van der Waals surface area contributed by atoms with Crippen LogP contribution in [0, 0.1) is 5.92 Å². The quantitative estimate of drug-likeness (QED) is 0.462. The fourth-order valence-corrected chi connectivity index (χ4v) is 3.84. The Morgan fingerprint density at radius 1 is 1.17 bits per heavy atom. The van der Waals surface area contributed by atoms with E-state index in [1.165, 1.54) is 5.69 Å². The van der Waals surface area contributed by atoms with E-state index < -0.39 is 0 Å². The van der Waals surface area contributed by atoms with Crippen LogP contribution in [-0.4, -0.2) is 53.8 Å². The Balaban J connectivity index is 1.35. The van der Waals surface area contributed by atoms with E-state index in [9.17, 15) is 0 Å². The number of rotatable bonds is 7. The number of anilines is 1. The van der Waals surface area contributed by atoms with Gasteiger partial charge in [0.1, 0.15) is 12.3 Å². The van der Waals surface area contributed by atoms with Gasteiger partial charge in [0.15, 0.2) is 17.4 Å². The van der Waals surface area contributed by atoms with Crippen molar-refractivity contribution in [3.05, 3.63) is 54.5 Å². The first kappa shape index (κ1) is 20.0. The molecule has 0 spiro atoms. The molecule has 1 unspecified atom stereocenters. The average molecular weight is 408 g/mol. The fraction of sp³-hybridized carbons (Fsp3) is 0.409. The van der Waals surface area contributed by atoms with Gasteiger partial charge >= 0.3 is 0 Å². The maximum absolute atomic E-state index is 5.52. The molecule has 1 aliphatic heterocycles. The number of nitrogens with one attached hydrogen (secondary N) is 2. The highest BCUT2D eigenvalue weighted by molar-refractivity contribution is 5.79. The van der Waals surface area contributed by atoms with Gasteiger partial charge in [0.05, 0.1) is 12.8 Å². The average Bonchev–Trinajstić information content (AvgIpc) is 3.43. The fourth-order valence-electron chi connectivity index (χ4n) is 3.84. The molecule has 0 bridgehead atoms. The summed E-state index contributed by atoms with van der Waals surface area (Å²) >= 11 is 0. The summed E-state index contributed by atoms with van der Waals surface area (Å²) in [5, 5.41) is 15.3. The highest BCUT2D eigenvalue weighted by Gasteiger charge is 2.24. The second kappa shape index (κ2) is 9.47. The van der Waals surface area contributed by atoms with Crippen molar-refractivity contribution in [2.24, 2.45) is 10.9 Å². The van der Waals surface area contributed by atoms with Crippen LogP contribution in [-0.2, 0) is 6.54 Å². The van der Waals surface area contributed by atoms with Crippen LogP contribution >= 0.6 is 0 Å². The van der Waals surface area contributed by atoms with Gasteiger partial charge in [-0.15, -0.1) is 10.2 Å². The van der Waals surface area contributed by atoms with E-state index in [-0.39, 0.29) is 0 Å². The number of fused-ring (bicyclic) bond motifs is 1. The second-order valence-corrected chi connectivity index (χ2v) is 7.39. The minimum atomic E-state index is 0.471. The van der Waals surface area contributed by atoms with E-state index >= 15 is 0 Å². The molecule has 1 fully saturated rings. The molecule has 0 amide bonds. The highest BCUT2D eigenvalue weighted by atomic mass is 16.5. The van der Waals surface area contributed by atoms with E-state index in [1.54, 1.807) is 7.11 Å². The summed E-state index contributed by atoms with van der Waals surface area (Å²) < 4.78 is 7.49. The third kappa shape index (κ3) is 4.48. The molecule has 8 heteroatoms. The van der Waals surface area contributed by atoms with Gasteiger partial charge in [0.25, 0.3) is 0 Å². The van der Waals surface area contributed by atoms with Crippen LogP contribution in [0.2, 0.25) is 0 Å². The van der Waals surface area contributed by atoms with Crippen molar-refractivity contribution in [2.75, 3.05) is 38.2 Å². The zero-order valence-corrected chi connectivity index (χ0v) is 17.6. The summed E-state index contributed by atoms with van der Waals surface area (Å²) in [5.41, 5.74) is 2.00. The number of para-hydroxylation sites is 2. The highest BCUT2D eigenvalue weighted by Crippen LogP contribution is 2.31. The number of aromatic nitrogens is 3. The van der Waals surface area contributed by atoms with Crippen LogP contribution in [0.5, 0.6) is 5.75 Å². The van der Waals surface area contributed by atoms with Gasteiger partial charge in [-0.25, -0.2) is 4.99 Å². The lowest BCUT2D eigenvalue weighted by Crippen LogP contribution is -2.40. The molecule has 4 rings (SSSR count). The molecule has 0 saturated carbocycles. The molecule has 158 valence electrons. The Hall–Kier alpha value is -3.29. The third-order valence-corrected chi connectivity index (χ3v) is 5.38. The van der Waals surface area contributed by atoms with Gasteiger partial charge in [0, 0.05) is 32.4 Å². The number of nitrogens with zero attached hydrogens (tertiary/aromatic N) is 5. The topological polar surface area (TPSA) is 79.1 Å². The maximum Gasteiger partial charge on any atom is 0.191 e. The molecule has 3 heterocycles. The summed E-state index contributed by atoms with van der Waals surface area (Å²) in [6.07, 6.45) is 3.10. The van der Waals surface area contributed by atoms with Crippen molar-refractivity contribution in [2.45, 2.75) is 19.9 Å². The molecule has 0 radical (unpaired) electrons. The smallest absolute Gasteiger partial charge is 0.191 e. The number of hydrogen-bond acceptors (Lipinski definition) is 5. The van der Waals surface area contributed by atoms with Crippen molar-refractivity contribution >= 4 is 17.3 Å². The largest absolute Gasteiger partial charge is 0.495 e. The number of guanidine groups is 1. The molecule has 1 aromatic carbocycles. The maximum atomic E-state index is 5.52. The Labute approximate surface area is 177 Å². The first-order valence-electron chi connectivity index (χ1n) is 10.5. The van der Waals surface area contributed by atoms with E-state index in [4.69, 9.17) is 9.73 Å². The minimum Gasteiger partial charge on any atom is -0.495 e. The number of hydrogen-bond donors (Lipinski definition) is 2. The third-order valence-electron chi connectivity index (χ3n) is 5.38. The van der Waals surface area contributed by atoms with Gasteiger partial charge in [0.2, 0.25) is 0 Å². The van der Waals surface area contributed by atoms with Crippen molar-refractivity contribution in [1.82, 2.24) is 25.2 Å². The Kier molecular flexibility index (Phi) is 6.32. The van der Waals surface area contributed by atoms with Gasteiger partial charge in [-0.1, -0.05) is 18.2 Å². The molecule has 8 nitrogen and oxygen atoms in total. The van der Waals surface area contributed by atoms with Crippen LogP contribution in [0.1, 0.15) is 19.2 Å². The zero-order valence-electron chi connectivity index (χ0n) is 17.6. The van der Waals surface area contributed by atoms with Crippen LogP contribution in [0.4, 0.5) is 5.69 Å². The van der Waals surface area contributed by atoms with Gasteiger partial charge in [-0.2, -0.15) is 0 Å². The summed E-state index contributed by atoms with van der Waals surface area (Å²) in [5.74, 6) is 3.11. The first-order chi connectivity index (χ1) is 14.8. The molecule has 2 N–H and O–H groups in total. The lowest BCUT2D eigenvalue weighted by atomic mass is 10.1. The van der Waals surface area contributed by atoms with Crippen LogP contribution < -0.4 is 20.3 Å². The van der Waals surface area contributed by atoms with E-state index in [0.29, 0.717) is 12.5 Å². The van der Waals surface area contributed by atoms with Crippen LogP contribution in [0.15, 0.2) is 53.7 Å². The molecule has 3 aromatic rings. The number of methoxy groups -OCH3 is 1. The van der Waals surface area contributed by atoms with E-state index in [0.717, 1.165) is 55.8 Å². The Morgan fingerprint density at radius 2 is 2.03 bits per heavy atom. The molecule has 1 saturated heterocycles. The van der Waals surface area contributed by atoms with E-state index in [1.807, 2.05) is 40.9 Å². The number of benzene rings is 1. The molecule has 2 aromatic heterocycles. The Bertz CT molecular complexity index is 1000. The number of ether oxygens (including phenoxy) is 1. The molecule has 1 aliphatic rings. The minimum absolute atomic E-state index is 0.471. The summed E-state index contributed by atoms with van der Waals surface area (Å²) in [4.78, 5) is 7.11. The molecular weight excluding hydrogens is 378 g/mol. The van der Waals surface area contributed by atoms with Crippen molar-refractivity contribution in [3.63, 3.8) is 0 Å². The number of pyridine rings is 1. The first-order valence-corrected chi connectivity index (χ1v) is 10.5. The van der Waals surface area contributed by atoms with Crippen molar-refractivity contribution < 1.29 is 4.74 Å². The van der Waals surface area contributed by atoms with Crippen molar-refractivity contribution in [3.8, 4) is 5.75 Å². The Morgan fingerprint density at radius 3 is 2.90 bits per heavy atom. The number of aliphatic imine (C=N–C) groups is 1. The SMILES string of the molecule is CCNC(=NCc1nnc2ccccn12)NCC1CCN(c2ccccc2OC)C1. The summed E-state index contributed by atoms with van der Waals surface area (Å²) in [6.45, 7) is 6.26. The molecular formula is C22H29N7O. The molecule has 1 atom stereocenters. The molecule has 0 aliphatic carbocycles. The lowest BCUT2D eigenvalue weighted by molar-refractivity contribution is 0.414. The van der Waals surface area contributed by atoms with Gasteiger partial charge < -0.3 is 20.3 Å². The van der Waals surface area contributed by atoms with Crippen LogP contribution in [0.25, 0.3) is 5.65 Å². The predicted octanol–water partition coefficient (Wildman–Crippen LogP) is 2.32. The van der Waals surface area contributed by atoms with Crippen molar-refractivity contribution in [1.29, 1.82) is 0 Å². The standard InChI is InChI=1S/C22H29N7O/c1-3-23-22(25-15-21-27-26-20-10-6-7-12-29(20)21)24-14-17-11-13-28(16-17)18-8-4-5-9-19(18)30-2/h4-10,12,17H,3,11,13-16H2,1-2H3,(H2,23,24,25). The van der Waals surface area contributed by atoms with Gasteiger partial charge in [-0.05, 0) is 43.5 Å². The zero-order chi connectivity index (χ0) is 20.8. The monoisotopic (exact) mass is 407 g/mol. The summed E-state index contributed by atoms with van der Waals surface area (Å²) in [7, 11) is 1.73. The molecule has 30 heavy (non-hydrogen) atoms. The lowest BCUT2D eigenvalue weighted by Gasteiger charge is -2.21. The summed E-state index contributed by atoms with van der Waals surface area (Å²) in [6, 6.07) is 14.1. The second-order valence-electron chi connectivity index (χ2n) is 7.39. The normalized spacial score (nSPS) is 16.8. The predicted molar refractivity (Wildman–Crippen MR) is 119 cm³/mol. The van der Waals surface area contributed by atoms with E-state index in [2.05, 4.69) is 44.8 Å².